The number of fused-ring (bicyclic) bond motifs is 1. The topological polar surface area (TPSA) is 86.2 Å². The molecule has 0 radical (unpaired) electrons. The Hall–Kier alpha value is -3.75. The van der Waals surface area contributed by atoms with Crippen molar-refractivity contribution in [2.45, 2.75) is 24.9 Å². The van der Waals surface area contributed by atoms with Gasteiger partial charge in [-0.2, -0.15) is 13.2 Å². The molecule has 0 amide bonds. The number of nitrogens with zero attached hydrogens (tertiary/aromatic N) is 4. The molecule has 4 rings (SSSR count). The quantitative estimate of drug-likeness (QED) is 0.465. The second kappa shape index (κ2) is 8.17. The van der Waals surface area contributed by atoms with E-state index in [4.69, 9.17) is 5.73 Å². The van der Waals surface area contributed by atoms with Crippen LogP contribution in [-0.2, 0) is 12.6 Å². The summed E-state index contributed by atoms with van der Waals surface area (Å²) < 4.78 is 41.0. The Morgan fingerprint density at radius 1 is 1.03 bits per heavy atom. The predicted octanol–water partition coefficient (Wildman–Crippen LogP) is 4.32. The van der Waals surface area contributed by atoms with Crippen LogP contribution in [0.15, 0.2) is 67.0 Å². The summed E-state index contributed by atoms with van der Waals surface area (Å²) in [7, 11) is 0. The van der Waals surface area contributed by atoms with Crippen molar-refractivity contribution < 1.29 is 18.0 Å². The van der Waals surface area contributed by atoms with Crippen molar-refractivity contribution in [3.8, 4) is 0 Å². The average Bonchev–Trinajstić information content (AvgIpc) is 3.17. The van der Waals surface area contributed by atoms with Crippen molar-refractivity contribution >= 4 is 17.2 Å². The zero-order valence-corrected chi connectivity index (χ0v) is 16.3. The molecule has 4 aromatic rings. The smallest absolute Gasteiger partial charge is 0.384 e. The van der Waals surface area contributed by atoms with E-state index in [1.165, 1.54) is 22.7 Å². The van der Waals surface area contributed by atoms with Crippen LogP contribution in [0, 0.1) is 0 Å². The number of nitrogen functional groups attached to an aromatic ring is 1. The highest BCUT2D eigenvalue weighted by atomic mass is 19.4. The van der Waals surface area contributed by atoms with Gasteiger partial charge in [0.05, 0.1) is 5.56 Å². The van der Waals surface area contributed by atoms with E-state index in [-0.39, 0.29) is 17.9 Å². The summed E-state index contributed by atoms with van der Waals surface area (Å²) in [6.45, 7) is 0. The number of Topliss-reactive ketones (excluding diaryl/α,β-unsaturated/α-hetero) is 1. The molecule has 0 fully saturated rings. The maximum atomic E-state index is 13.2. The van der Waals surface area contributed by atoms with Crippen LogP contribution in [0.4, 0.5) is 19.0 Å². The molecule has 0 saturated carbocycles. The zero-order chi connectivity index (χ0) is 22.0. The molecular formula is C22H18F3N5O. The first-order valence-corrected chi connectivity index (χ1v) is 9.52. The fourth-order valence-corrected chi connectivity index (χ4v) is 3.42. The Morgan fingerprint density at radius 2 is 1.81 bits per heavy atom. The van der Waals surface area contributed by atoms with Crippen molar-refractivity contribution in [3.63, 3.8) is 0 Å². The molecule has 9 heteroatoms. The number of hydrogen-bond donors (Lipinski definition) is 1. The van der Waals surface area contributed by atoms with E-state index in [1.54, 1.807) is 6.07 Å². The van der Waals surface area contributed by atoms with Gasteiger partial charge < -0.3 is 5.73 Å². The van der Waals surface area contributed by atoms with Gasteiger partial charge >= 0.3 is 6.18 Å². The molecule has 6 nitrogen and oxygen atoms in total. The lowest BCUT2D eigenvalue weighted by atomic mass is 9.91. The maximum Gasteiger partial charge on any atom is 0.417 e. The standard InChI is InChI=1S/C22H18F3N5O/c23-22(24,25)17-7-9-20-28-29-21(30(20)13-17)16(10-14-4-2-1-3-5-14)11-18(31)15-6-8-19(26)27-12-15/h1-9,12-13,16H,10-11H2,(H2,26,27)/t16-/m0/s1. The largest absolute Gasteiger partial charge is 0.417 e. The van der Waals surface area contributed by atoms with Crippen LogP contribution in [0.5, 0.6) is 0 Å². The van der Waals surface area contributed by atoms with Crippen LogP contribution >= 0.6 is 0 Å². The first-order valence-electron chi connectivity index (χ1n) is 9.52. The highest BCUT2D eigenvalue weighted by Gasteiger charge is 2.32. The van der Waals surface area contributed by atoms with Gasteiger partial charge in [0.1, 0.15) is 11.6 Å². The highest BCUT2D eigenvalue weighted by molar-refractivity contribution is 5.96. The van der Waals surface area contributed by atoms with Gasteiger partial charge in [-0.25, -0.2) is 4.98 Å². The summed E-state index contributed by atoms with van der Waals surface area (Å²) in [5.41, 5.74) is 6.35. The Labute approximate surface area is 175 Å². The molecule has 1 aromatic carbocycles. The van der Waals surface area contributed by atoms with Gasteiger partial charge in [-0.3, -0.25) is 9.20 Å². The summed E-state index contributed by atoms with van der Waals surface area (Å²) >= 11 is 0. The lowest BCUT2D eigenvalue weighted by Gasteiger charge is -2.16. The van der Waals surface area contributed by atoms with Crippen molar-refractivity contribution in [2.75, 3.05) is 5.73 Å². The minimum Gasteiger partial charge on any atom is -0.384 e. The van der Waals surface area contributed by atoms with Gasteiger partial charge in [-0.05, 0) is 36.2 Å². The number of pyridine rings is 2. The molecule has 1 atom stereocenters. The van der Waals surface area contributed by atoms with Crippen molar-refractivity contribution in [1.82, 2.24) is 19.6 Å². The molecule has 3 aromatic heterocycles. The summed E-state index contributed by atoms with van der Waals surface area (Å²) in [4.78, 5) is 16.8. The Kier molecular flexibility index (Phi) is 5.41. The molecule has 31 heavy (non-hydrogen) atoms. The maximum absolute atomic E-state index is 13.2. The lowest BCUT2D eigenvalue weighted by molar-refractivity contribution is -0.137. The molecule has 0 unspecified atom stereocenters. The van der Waals surface area contributed by atoms with Crippen LogP contribution in [0.3, 0.4) is 0 Å². The number of aromatic nitrogens is 4. The minimum atomic E-state index is -4.50. The van der Waals surface area contributed by atoms with Gasteiger partial charge in [0.2, 0.25) is 0 Å². The summed E-state index contributed by atoms with van der Waals surface area (Å²) in [5.74, 6) is -0.120. The number of rotatable bonds is 6. The van der Waals surface area contributed by atoms with Gasteiger partial charge in [0.15, 0.2) is 11.4 Å². The van der Waals surface area contributed by atoms with Gasteiger partial charge in [0.25, 0.3) is 0 Å². The van der Waals surface area contributed by atoms with E-state index in [0.717, 1.165) is 17.8 Å². The number of alkyl halides is 3. The third-order valence-corrected chi connectivity index (χ3v) is 4.99. The van der Waals surface area contributed by atoms with E-state index >= 15 is 0 Å². The summed E-state index contributed by atoms with van der Waals surface area (Å²) in [5, 5.41) is 8.14. The second-order valence-electron chi connectivity index (χ2n) is 7.19. The summed E-state index contributed by atoms with van der Waals surface area (Å²) in [6.07, 6.45) is -1.71. The fourth-order valence-electron chi connectivity index (χ4n) is 3.42. The van der Waals surface area contributed by atoms with E-state index in [9.17, 15) is 18.0 Å². The average molecular weight is 425 g/mol. The van der Waals surface area contributed by atoms with Crippen LogP contribution in [0.2, 0.25) is 0 Å². The number of anilines is 1. The number of nitrogens with two attached hydrogens (primary N) is 1. The molecular weight excluding hydrogens is 407 g/mol. The highest BCUT2D eigenvalue weighted by Crippen LogP contribution is 2.31. The van der Waals surface area contributed by atoms with E-state index < -0.39 is 17.7 Å². The monoisotopic (exact) mass is 425 g/mol. The van der Waals surface area contributed by atoms with Gasteiger partial charge in [-0.1, -0.05) is 30.3 Å². The Morgan fingerprint density at radius 3 is 2.48 bits per heavy atom. The Bertz CT molecular complexity index is 1200. The van der Waals surface area contributed by atoms with Gasteiger partial charge in [0, 0.05) is 30.3 Å². The number of carbonyl (C=O) groups excluding carboxylic acids is 1. The molecule has 0 spiro atoms. The third kappa shape index (κ3) is 4.55. The number of benzene rings is 1. The first kappa shape index (κ1) is 20.5. The van der Waals surface area contributed by atoms with Gasteiger partial charge in [-0.15, -0.1) is 10.2 Å². The minimum absolute atomic E-state index is 0.0253. The summed E-state index contributed by atoms with van der Waals surface area (Å²) in [6, 6.07) is 14.7. The second-order valence-corrected chi connectivity index (χ2v) is 7.19. The van der Waals surface area contributed by atoms with E-state index in [2.05, 4.69) is 15.2 Å². The van der Waals surface area contributed by atoms with Crippen LogP contribution in [-0.4, -0.2) is 25.4 Å². The predicted molar refractivity (Wildman–Crippen MR) is 108 cm³/mol. The fraction of sp³-hybridized carbons (Fsp3) is 0.182. The lowest BCUT2D eigenvalue weighted by Crippen LogP contribution is -2.14. The first-order chi connectivity index (χ1) is 14.8. The van der Waals surface area contributed by atoms with E-state index in [1.807, 2.05) is 30.3 Å². The number of halogens is 3. The van der Waals surface area contributed by atoms with Crippen LogP contribution in [0.1, 0.15) is 39.6 Å². The molecule has 2 N–H and O–H groups in total. The zero-order valence-electron chi connectivity index (χ0n) is 16.3. The Balaban J connectivity index is 1.73. The number of carbonyl (C=O) groups is 1. The van der Waals surface area contributed by atoms with E-state index in [0.29, 0.717) is 23.6 Å². The molecule has 0 aliphatic heterocycles. The molecule has 158 valence electrons. The molecule has 0 aliphatic rings. The molecule has 0 saturated heterocycles. The molecule has 0 bridgehead atoms. The molecule has 0 aliphatic carbocycles. The SMILES string of the molecule is Nc1ccc(C(=O)C[C@H](Cc2ccccc2)c2nnc3ccc(C(F)(F)F)cn23)cn1. The normalized spacial score (nSPS) is 12.7. The van der Waals surface area contributed by atoms with Crippen molar-refractivity contribution in [1.29, 1.82) is 0 Å². The number of ketones is 1. The third-order valence-electron chi connectivity index (χ3n) is 4.99. The van der Waals surface area contributed by atoms with Crippen LogP contribution < -0.4 is 5.73 Å². The van der Waals surface area contributed by atoms with Crippen LogP contribution in [0.25, 0.3) is 5.65 Å². The number of hydrogen-bond acceptors (Lipinski definition) is 5. The van der Waals surface area contributed by atoms with Crippen molar-refractivity contribution in [2.24, 2.45) is 0 Å². The molecule has 3 heterocycles. The van der Waals surface area contributed by atoms with Crippen molar-refractivity contribution in [3.05, 3.63) is 89.5 Å².